The SMILES string of the molecule is COc1cc(NS(=O)(=O)CC#N)cc(OC)c1. The first kappa shape index (κ1) is 13.1. The Kier molecular flexibility index (Phi) is 4.17. The molecule has 0 aliphatic carbocycles. The van der Waals surface area contributed by atoms with E-state index in [1.54, 1.807) is 12.1 Å². The Morgan fingerprint density at radius 2 is 1.76 bits per heavy atom. The van der Waals surface area contributed by atoms with E-state index in [-0.39, 0.29) is 5.69 Å². The zero-order valence-electron chi connectivity index (χ0n) is 9.43. The van der Waals surface area contributed by atoms with Gasteiger partial charge in [-0.15, -0.1) is 0 Å². The molecule has 0 amide bonds. The van der Waals surface area contributed by atoms with Gasteiger partial charge in [0.2, 0.25) is 10.0 Å². The Labute approximate surface area is 99.8 Å². The van der Waals surface area contributed by atoms with E-state index >= 15 is 0 Å². The first-order valence-corrected chi connectivity index (χ1v) is 6.26. The highest BCUT2D eigenvalue weighted by atomic mass is 32.2. The molecule has 1 rings (SSSR count). The Morgan fingerprint density at radius 3 is 2.18 bits per heavy atom. The molecule has 0 unspecified atom stereocenters. The average molecular weight is 256 g/mol. The van der Waals surface area contributed by atoms with Crippen molar-refractivity contribution in [3.8, 4) is 17.6 Å². The van der Waals surface area contributed by atoms with Gasteiger partial charge in [0, 0.05) is 18.2 Å². The van der Waals surface area contributed by atoms with E-state index in [0.29, 0.717) is 11.5 Å². The molecule has 1 aromatic carbocycles. The summed E-state index contributed by atoms with van der Waals surface area (Å²) in [4.78, 5) is 0. The summed E-state index contributed by atoms with van der Waals surface area (Å²) < 4.78 is 35.0. The molecule has 1 N–H and O–H groups in total. The minimum absolute atomic E-state index is 0.288. The Bertz CT molecular complexity index is 511. The molecule has 0 spiro atoms. The number of methoxy groups -OCH3 is 2. The highest BCUT2D eigenvalue weighted by molar-refractivity contribution is 7.92. The maximum absolute atomic E-state index is 11.4. The van der Waals surface area contributed by atoms with Crippen molar-refractivity contribution in [2.45, 2.75) is 0 Å². The van der Waals surface area contributed by atoms with Gasteiger partial charge in [-0.25, -0.2) is 8.42 Å². The fourth-order valence-corrected chi connectivity index (χ4v) is 1.89. The van der Waals surface area contributed by atoms with E-state index in [9.17, 15) is 8.42 Å². The van der Waals surface area contributed by atoms with Crippen LogP contribution in [0.25, 0.3) is 0 Å². The number of nitriles is 1. The van der Waals surface area contributed by atoms with Crippen LogP contribution >= 0.6 is 0 Å². The van der Waals surface area contributed by atoms with Crippen molar-refractivity contribution >= 4 is 15.7 Å². The normalized spacial score (nSPS) is 10.4. The van der Waals surface area contributed by atoms with E-state index < -0.39 is 15.8 Å². The number of hydrogen-bond acceptors (Lipinski definition) is 5. The van der Waals surface area contributed by atoms with Crippen LogP contribution in [-0.4, -0.2) is 28.4 Å². The van der Waals surface area contributed by atoms with Crippen LogP contribution in [0.5, 0.6) is 11.5 Å². The summed E-state index contributed by atoms with van der Waals surface area (Å²) in [7, 11) is -0.736. The van der Waals surface area contributed by atoms with E-state index in [4.69, 9.17) is 14.7 Å². The molecule has 6 nitrogen and oxygen atoms in total. The standard InChI is InChI=1S/C10H12N2O4S/c1-15-9-5-8(6-10(7-9)16-2)12-17(13,14)4-3-11/h5-7,12H,4H2,1-2H3. The van der Waals surface area contributed by atoms with Crippen LogP contribution in [0, 0.1) is 11.3 Å². The van der Waals surface area contributed by atoms with Crippen molar-refractivity contribution in [1.29, 1.82) is 5.26 Å². The highest BCUT2D eigenvalue weighted by Crippen LogP contribution is 2.26. The topological polar surface area (TPSA) is 88.4 Å². The lowest BCUT2D eigenvalue weighted by Gasteiger charge is -2.09. The summed E-state index contributed by atoms with van der Waals surface area (Å²) in [6, 6.07) is 6.18. The number of hydrogen-bond donors (Lipinski definition) is 1. The predicted molar refractivity (Wildman–Crippen MR) is 62.6 cm³/mol. The third-order valence-electron chi connectivity index (χ3n) is 1.88. The number of rotatable bonds is 5. The predicted octanol–water partition coefficient (Wildman–Crippen LogP) is 0.969. The Balaban J connectivity index is 3.03. The second kappa shape index (κ2) is 5.41. The van der Waals surface area contributed by atoms with Crippen molar-refractivity contribution in [1.82, 2.24) is 0 Å². The van der Waals surface area contributed by atoms with Crippen LogP contribution in [0.2, 0.25) is 0 Å². The largest absolute Gasteiger partial charge is 0.497 e. The molecule has 0 aliphatic heterocycles. The summed E-state index contributed by atoms with van der Waals surface area (Å²) in [6.45, 7) is 0. The fraction of sp³-hybridized carbons (Fsp3) is 0.300. The van der Waals surface area contributed by atoms with Gasteiger partial charge >= 0.3 is 0 Å². The van der Waals surface area contributed by atoms with Crippen LogP contribution in [0.15, 0.2) is 18.2 Å². The maximum Gasteiger partial charge on any atom is 0.246 e. The van der Waals surface area contributed by atoms with E-state index in [2.05, 4.69) is 4.72 Å². The molecule has 0 bridgehead atoms. The third-order valence-corrected chi connectivity index (χ3v) is 2.94. The molecule has 1 aromatic rings. The maximum atomic E-state index is 11.4. The van der Waals surface area contributed by atoms with Gasteiger partial charge in [-0.2, -0.15) is 5.26 Å². The summed E-state index contributed by atoms with van der Waals surface area (Å²) >= 11 is 0. The number of sulfonamides is 1. The second-order valence-electron chi connectivity index (χ2n) is 3.12. The molecular weight excluding hydrogens is 244 g/mol. The first-order valence-electron chi connectivity index (χ1n) is 4.61. The van der Waals surface area contributed by atoms with Crippen LogP contribution in [0.4, 0.5) is 5.69 Å². The van der Waals surface area contributed by atoms with Crippen molar-refractivity contribution < 1.29 is 17.9 Å². The molecule has 0 radical (unpaired) electrons. The summed E-state index contributed by atoms with van der Waals surface area (Å²) in [5.41, 5.74) is 0.288. The van der Waals surface area contributed by atoms with Crippen LogP contribution < -0.4 is 14.2 Å². The molecule has 0 fully saturated rings. The van der Waals surface area contributed by atoms with Crippen LogP contribution in [0.1, 0.15) is 0 Å². The van der Waals surface area contributed by atoms with Gasteiger partial charge in [-0.05, 0) is 0 Å². The first-order chi connectivity index (χ1) is 8.00. The number of nitrogens with zero attached hydrogens (tertiary/aromatic N) is 1. The molecule has 0 aliphatic rings. The van der Waals surface area contributed by atoms with Gasteiger partial charge < -0.3 is 9.47 Å². The van der Waals surface area contributed by atoms with Gasteiger partial charge in [0.1, 0.15) is 11.5 Å². The van der Waals surface area contributed by atoms with Gasteiger partial charge in [0.05, 0.1) is 26.0 Å². The van der Waals surface area contributed by atoms with Crippen molar-refractivity contribution in [2.24, 2.45) is 0 Å². The number of nitrogens with one attached hydrogen (secondary N) is 1. The molecule has 0 saturated heterocycles. The molecular formula is C10H12N2O4S. The molecule has 0 heterocycles. The van der Waals surface area contributed by atoms with Gasteiger partial charge in [-0.3, -0.25) is 4.72 Å². The molecule has 7 heteroatoms. The summed E-state index contributed by atoms with van der Waals surface area (Å²) in [5.74, 6) is 0.310. The molecule has 0 saturated carbocycles. The number of benzene rings is 1. The smallest absolute Gasteiger partial charge is 0.246 e. The quantitative estimate of drug-likeness (QED) is 0.848. The highest BCUT2D eigenvalue weighted by Gasteiger charge is 2.11. The van der Waals surface area contributed by atoms with Crippen molar-refractivity contribution in [2.75, 3.05) is 24.7 Å². The zero-order valence-corrected chi connectivity index (χ0v) is 10.2. The monoisotopic (exact) mass is 256 g/mol. The molecule has 0 atom stereocenters. The van der Waals surface area contributed by atoms with Gasteiger partial charge in [-0.1, -0.05) is 0 Å². The van der Waals surface area contributed by atoms with Crippen molar-refractivity contribution in [3.63, 3.8) is 0 Å². The third kappa shape index (κ3) is 3.85. The summed E-state index contributed by atoms with van der Waals surface area (Å²) in [6.07, 6.45) is 0. The minimum atomic E-state index is -3.66. The molecule has 0 aromatic heterocycles. The molecule has 92 valence electrons. The lowest BCUT2D eigenvalue weighted by Crippen LogP contribution is -2.15. The van der Waals surface area contributed by atoms with E-state index in [1.807, 2.05) is 0 Å². The Morgan fingerprint density at radius 1 is 1.24 bits per heavy atom. The van der Waals surface area contributed by atoms with Crippen molar-refractivity contribution in [3.05, 3.63) is 18.2 Å². The number of anilines is 1. The lowest BCUT2D eigenvalue weighted by molar-refractivity contribution is 0.395. The second-order valence-corrected chi connectivity index (χ2v) is 4.84. The van der Waals surface area contributed by atoms with Crippen LogP contribution in [-0.2, 0) is 10.0 Å². The molecule has 17 heavy (non-hydrogen) atoms. The van der Waals surface area contributed by atoms with E-state index in [1.165, 1.54) is 26.4 Å². The van der Waals surface area contributed by atoms with Gasteiger partial charge in [0.25, 0.3) is 0 Å². The average Bonchev–Trinajstić information content (AvgIpc) is 2.27. The lowest BCUT2D eigenvalue weighted by atomic mass is 10.3. The fourth-order valence-electron chi connectivity index (χ4n) is 1.17. The zero-order chi connectivity index (χ0) is 12.9. The van der Waals surface area contributed by atoms with E-state index in [0.717, 1.165) is 0 Å². The number of ether oxygens (including phenoxy) is 2. The summed E-state index contributed by atoms with van der Waals surface area (Å²) in [5, 5.41) is 8.36. The van der Waals surface area contributed by atoms with Crippen LogP contribution in [0.3, 0.4) is 0 Å². The van der Waals surface area contributed by atoms with Gasteiger partial charge in [0.15, 0.2) is 5.75 Å². The minimum Gasteiger partial charge on any atom is -0.497 e. The Hall–Kier alpha value is -1.94.